The van der Waals surface area contributed by atoms with Gasteiger partial charge in [-0.05, 0) is 60.9 Å². The number of benzene rings is 2. The highest BCUT2D eigenvalue weighted by atomic mass is 32.2. The van der Waals surface area contributed by atoms with Gasteiger partial charge in [0.2, 0.25) is 5.91 Å². The summed E-state index contributed by atoms with van der Waals surface area (Å²) >= 11 is 1.32. The van der Waals surface area contributed by atoms with Crippen molar-refractivity contribution in [3.63, 3.8) is 0 Å². The lowest BCUT2D eigenvalue weighted by molar-refractivity contribution is -0.113. The molecule has 8 heteroatoms. The Labute approximate surface area is 202 Å². The zero-order valence-corrected chi connectivity index (χ0v) is 20.0. The van der Waals surface area contributed by atoms with E-state index in [0.29, 0.717) is 28.1 Å². The molecule has 4 rings (SSSR count). The van der Waals surface area contributed by atoms with Gasteiger partial charge in [-0.25, -0.2) is 0 Å². The van der Waals surface area contributed by atoms with Crippen LogP contribution in [0.5, 0.6) is 0 Å². The van der Waals surface area contributed by atoms with Crippen molar-refractivity contribution in [2.45, 2.75) is 31.8 Å². The first-order valence-corrected chi connectivity index (χ1v) is 11.9. The number of nitrogens with zero attached hydrogens (tertiary/aromatic N) is 4. The Morgan fingerprint density at radius 3 is 2.44 bits per heavy atom. The van der Waals surface area contributed by atoms with Crippen molar-refractivity contribution in [1.29, 1.82) is 0 Å². The Morgan fingerprint density at radius 2 is 1.76 bits per heavy atom. The summed E-state index contributed by atoms with van der Waals surface area (Å²) in [6.45, 7) is 5.80. The molecule has 0 fully saturated rings. The molecule has 0 bridgehead atoms. The van der Waals surface area contributed by atoms with Gasteiger partial charge in [-0.2, -0.15) is 0 Å². The first kappa shape index (κ1) is 23.4. The molecular weight excluding hydrogens is 446 g/mol. The van der Waals surface area contributed by atoms with Gasteiger partial charge in [-0.15, -0.1) is 10.2 Å². The summed E-state index contributed by atoms with van der Waals surface area (Å²) in [6.07, 6.45) is 3.47. The van der Waals surface area contributed by atoms with E-state index in [1.165, 1.54) is 18.7 Å². The number of pyridine rings is 1. The van der Waals surface area contributed by atoms with E-state index in [-0.39, 0.29) is 17.4 Å². The van der Waals surface area contributed by atoms with Gasteiger partial charge in [0.25, 0.3) is 0 Å². The zero-order chi connectivity index (χ0) is 24.1. The highest BCUT2D eigenvalue weighted by Gasteiger charge is 2.20. The van der Waals surface area contributed by atoms with Crippen molar-refractivity contribution in [2.24, 2.45) is 0 Å². The quantitative estimate of drug-likeness (QED) is 0.274. The smallest absolute Gasteiger partial charge is 0.234 e. The number of carbonyl (C=O) groups is 2. The number of hydrogen-bond acceptors (Lipinski definition) is 6. The second-order valence-electron chi connectivity index (χ2n) is 8.07. The van der Waals surface area contributed by atoms with Crippen LogP contribution < -0.4 is 5.32 Å². The van der Waals surface area contributed by atoms with Crippen LogP contribution in [-0.2, 0) is 4.79 Å². The van der Waals surface area contributed by atoms with Crippen LogP contribution in [0, 0.1) is 0 Å². The van der Waals surface area contributed by atoms with Crippen LogP contribution >= 0.6 is 11.8 Å². The molecule has 2 aromatic heterocycles. The number of amides is 1. The average molecular weight is 472 g/mol. The molecule has 0 aliphatic heterocycles. The lowest BCUT2D eigenvalue weighted by atomic mass is 10.0. The molecule has 0 radical (unpaired) electrons. The van der Waals surface area contributed by atoms with Crippen molar-refractivity contribution in [3.8, 4) is 17.1 Å². The number of carbonyl (C=O) groups excluding carboxylic acids is 2. The molecule has 0 aliphatic rings. The number of nitrogens with one attached hydrogen (secondary N) is 1. The highest BCUT2D eigenvalue weighted by Crippen LogP contribution is 2.32. The van der Waals surface area contributed by atoms with Crippen molar-refractivity contribution in [1.82, 2.24) is 19.7 Å². The first-order valence-electron chi connectivity index (χ1n) is 10.9. The number of rotatable bonds is 8. The molecule has 0 spiro atoms. The maximum Gasteiger partial charge on any atom is 0.234 e. The molecule has 7 nitrogen and oxygen atoms in total. The normalized spacial score (nSPS) is 10.9. The lowest BCUT2D eigenvalue weighted by Gasteiger charge is -2.16. The van der Waals surface area contributed by atoms with Gasteiger partial charge in [0, 0.05) is 29.2 Å². The van der Waals surface area contributed by atoms with Crippen LogP contribution in [0.15, 0.2) is 78.2 Å². The van der Waals surface area contributed by atoms with E-state index < -0.39 is 0 Å². The topological polar surface area (TPSA) is 89.8 Å². The second kappa shape index (κ2) is 10.4. The average Bonchev–Trinajstić information content (AvgIpc) is 3.27. The fourth-order valence-electron chi connectivity index (χ4n) is 3.56. The van der Waals surface area contributed by atoms with Crippen LogP contribution in [0.25, 0.3) is 17.1 Å². The van der Waals surface area contributed by atoms with Crippen LogP contribution in [0.2, 0.25) is 0 Å². The van der Waals surface area contributed by atoms with Gasteiger partial charge >= 0.3 is 0 Å². The van der Waals surface area contributed by atoms with Crippen LogP contribution in [0.1, 0.15) is 42.6 Å². The van der Waals surface area contributed by atoms with Gasteiger partial charge in [-0.3, -0.25) is 19.1 Å². The molecule has 0 saturated heterocycles. The Morgan fingerprint density at radius 1 is 1.00 bits per heavy atom. The predicted octanol–water partition coefficient (Wildman–Crippen LogP) is 5.39. The molecule has 0 saturated carbocycles. The second-order valence-corrected chi connectivity index (χ2v) is 9.01. The minimum atomic E-state index is -0.171. The summed E-state index contributed by atoms with van der Waals surface area (Å²) in [5.41, 5.74) is 4.22. The van der Waals surface area contributed by atoms with E-state index in [4.69, 9.17) is 0 Å². The molecule has 2 aromatic carbocycles. The van der Waals surface area contributed by atoms with Gasteiger partial charge in [0.05, 0.1) is 11.4 Å². The maximum atomic E-state index is 12.6. The largest absolute Gasteiger partial charge is 0.325 e. The van der Waals surface area contributed by atoms with Gasteiger partial charge in [0.15, 0.2) is 16.8 Å². The van der Waals surface area contributed by atoms with E-state index >= 15 is 0 Å². The Bertz CT molecular complexity index is 1300. The molecule has 2 heterocycles. The number of ketones is 1. The highest BCUT2D eigenvalue weighted by molar-refractivity contribution is 7.99. The standard InChI is InChI=1S/C26H25N5O2S/c1-17(2)22-8-4-5-9-23(22)31-25(20-7-6-14-27-15-20)29-30-26(31)34-16-24(33)28-21-12-10-19(11-13-21)18(3)32/h4-15,17H,16H2,1-3H3,(H,28,33). The summed E-state index contributed by atoms with van der Waals surface area (Å²) in [6, 6.07) is 18.8. The van der Waals surface area contributed by atoms with Crippen LogP contribution in [0.4, 0.5) is 5.69 Å². The molecule has 0 aliphatic carbocycles. The Hall–Kier alpha value is -3.78. The summed E-state index contributed by atoms with van der Waals surface area (Å²) in [5.74, 6) is 0.932. The SMILES string of the molecule is CC(=O)c1ccc(NC(=O)CSc2nnc(-c3cccnc3)n2-c2ccccc2C(C)C)cc1. The van der Waals surface area contributed by atoms with E-state index in [0.717, 1.165) is 16.8 Å². The third kappa shape index (κ3) is 5.23. The predicted molar refractivity (Wildman–Crippen MR) is 134 cm³/mol. The van der Waals surface area contributed by atoms with Crippen LogP contribution in [-0.4, -0.2) is 37.2 Å². The molecule has 4 aromatic rings. The van der Waals surface area contributed by atoms with E-state index in [2.05, 4.69) is 40.4 Å². The molecular formula is C26H25N5O2S. The fraction of sp³-hybridized carbons (Fsp3) is 0.192. The Kier molecular flexibility index (Phi) is 7.18. The van der Waals surface area contributed by atoms with Crippen molar-refractivity contribution in [2.75, 3.05) is 11.1 Å². The van der Waals surface area contributed by atoms with Crippen LogP contribution in [0.3, 0.4) is 0 Å². The first-order chi connectivity index (χ1) is 16.4. The minimum absolute atomic E-state index is 0.0149. The monoisotopic (exact) mass is 471 g/mol. The molecule has 34 heavy (non-hydrogen) atoms. The molecule has 1 amide bonds. The number of hydrogen-bond donors (Lipinski definition) is 1. The van der Waals surface area contributed by atoms with E-state index in [9.17, 15) is 9.59 Å². The number of thioether (sulfide) groups is 1. The number of Topliss-reactive ketones (excluding diaryl/α,β-unsaturated/α-hetero) is 1. The van der Waals surface area contributed by atoms with Gasteiger partial charge in [0.1, 0.15) is 0 Å². The third-order valence-electron chi connectivity index (χ3n) is 5.26. The van der Waals surface area contributed by atoms with Gasteiger partial charge in [-0.1, -0.05) is 43.8 Å². The Balaban J connectivity index is 1.60. The van der Waals surface area contributed by atoms with Crippen molar-refractivity contribution < 1.29 is 9.59 Å². The van der Waals surface area contributed by atoms with E-state index in [1.807, 2.05) is 34.9 Å². The summed E-state index contributed by atoms with van der Waals surface area (Å²) in [4.78, 5) is 28.3. The minimum Gasteiger partial charge on any atom is -0.325 e. The third-order valence-corrected chi connectivity index (χ3v) is 6.19. The molecule has 1 N–H and O–H groups in total. The summed E-state index contributed by atoms with van der Waals surface area (Å²) < 4.78 is 1.99. The summed E-state index contributed by atoms with van der Waals surface area (Å²) in [7, 11) is 0. The van der Waals surface area contributed by atoms with Crippen molar-refractivity contribution >= 4 is 29.1 Å². The van der Waals surface area contributed by atoms with Crippen molar-refractivity contribution in [3.05, 3.63) is 84.2 Å². The summed E-state index contributed by atoms with van der Waals surface area (Å²) in [5, 5.41) is 12.3. The fourth-order valence-corrected chi connectivity index (χ4v) is 4.30. The molecule has 0 unspecified atom stereocenters. The van der Waals surface area contributed by atoms with E-state index in [1.54, 1.807) is 36.7 Å². The molecule has 0 atom stereocenters. The van der Waals surface area contributed by atoms with Gasteiger partial charge < -0.3 is 5.32 Å². The number of anilines is 1. The maximum absolute atomic E-state index is 12.6. The molecule has 172 valence electrons. The number of para-hydroxylation sites is 1. The lowest BCUT2D eigenvalue weighted by Crippen LogP contribution is -2.15. The number of aromatic nitrogens is 4. The zero-order valence-electron chi connectivity index (χ0n) is 19.2.